The molecular formula is C5H3ClINO2S. The van der Waals surface area contributed by atoms with Gasteiger partial charge < -0.3 is 0 Å². The van der Waals surface area contributed by atoms with Gasteiger partial charge >= 0.3 is 0 Å². The first-order valence-corrected chi connectivity index (χ1v) is 4.90. The van der Waals surface area contributed by atoms with Crippen LogP contribution in [-0.2, 0) is 13.6 Å². The molecule has 60 valence electrons. The Hall–Kier alpha value is 0.280. The lowest BCUT2D eigenvalue weighted by atomic mass is 10.5. The molecule has 3 nitrogen and oxygen atoms in total. The van der Waals surface area contributed by atoms with Gasteiger partial charge in [-0.1, -0.05) is 11.6 Å². The third-order valence-electron chi connectivity index (χ3n) is 0.948. The number of nitrogens with zero attached hydrogens (tertiary/aromatic N) is 1. The first kappa shape index (κ1) is 9.37. The van der Waals surface area contributed by atoms with Gasteiger partial charge in [0.25, 0.3) is 0 Å². The number of pyridine rings is 1. The van der Waals surface area contributed by atoms with Crippen molar-refractivity contribution in [1.29, 1.82) is 0 Å². The van der Waals surface area contributed by atoms with Crippen molar-refractivity contribution in [3.8, 4) is 0 Å². The molecule has 0 aliphatic heterocycles. The predicted molar refractivity (Wildman–Crippen MR) is 50.8 cm³/mol. The van der Waals surface area contributed by atoms with Crippen LogP contribution >= 0.6 is 34.6 Å². The third kappa shape index (κ3) is 2.66. The highest BCUT2D eigenvalue weighted by molar-refractivity contribution is 14.1. The molecule has 0 radical (unpaired) electrons. The van der Waals surface area contributed by atoms with Crippen molar-refractivity contribution in [3.63, 3.8) is 0 Å². The van der Waals surface area contributed by atoms with Gasteiger partial charge in [0.2, 0.25) is 0 Å². The molecule has 1 unspecified atom stereocenters. The maximum Gasteiger partial charge on any atom is 0.199 e. The van der Waals surface area contributed by atoms with E-state index in [9.17, 15) is 4.21 Å². The van der Waals surface area contributed by atoms with E-state index < -0.39 is 11.1 Å². The monoisotopic (exact) mass is 303 g/mol. The molecule has 0 amide bonds. The van der Waals surface area contributed by atoms with E-state index in [1.165, 1.54) is 12.3 Å². The minimum atomic E-state index is -1.44. The maximum absolute atomic E-state index is 11.0. The van der Waals surface area contributed by atoms with Crippen molar-refractivity contribution in [2.24, 2.45) is 0 Å². The van der Waals surface area contributed by atoms with E-state index in [0.717, 1.165) is 0 Å². The average molecular weight is 304 g/mol. The summed E-state index contributed by atoms with van der Waals surface area (Å²) in [6.45, 7) is 0. The summed E-state index contributed by atoms with van der Waals surface area (Å²) in [5.74, 6) is 0. The van der Waals surface area contributed by atoms with E-state index >= 15 is 0 Å². The molecule has 0 saturated heterocycles. The molecule has 0 aliphatic rings. The van der Waals surface area contributed by atoms with Gasteiger partial charge in [-0.05, 0) is 12.1 Å². The highest BCUT2D eigenvalue weighted by Gasteiger charge is 2.02. The van der Waals surface area contributed by atoms with Crippen LogP contribution in [0.1, 0.15) is 0 Å². The molecule has 0 aliphatic carbocycles. The topological polar surface area (TPSA) is 39.2 Å². The zero-order chi connectivity index (χ0) is 8.27. The van der Waals surface area contributed by atoms with Gasteiger partial charge in [-0.25, -0.2) is 11.7 Å². The van der Waals surface area contributed by atoms with E-state index in [2.05, 4.69) is 7.50 Å². The normalized spacial score (nSPS) is 12.9. The molecule has 0 fully saturated rings. The fourth-order valence-electron chi connectivity index (χ4n) is 0.525. The van der Waals surface area contributed by atoms with Crippen LogP contribution in [0.4, 0.5) is 0 Å². The Kier molecular flexibility index (Phi) is 3.70. The van der Waals surface area contributed by atoms with Crippen LogP contribution in [0.2, 0.25) is 5.15 Å². The van der Waals surface area contributed by atoms with Crippen molar-refractivity contribution < 1.29 is 6.72 Å². The first-order chi connectivity index (χ1) is 5.24. The minimum Gasteiger partial charge on any atom is -0.244 e. The lowest BCUT2D eigenvalue weighted by molar-refractivity contribution is 0.632. The summed E-state index contributed by atoms with van der Waals surface area (Å²) in [5.41, 5.74) is 0. The molecule has 0 spiro atoms. The standard InChI is InChI=1S/C5H3ClINO2S/c6-5-3-4(1-2-8-5)11(9)10-7/h1-3H. The lowest BCUT2D eigenvalue weighted by Crippen LogP contribution is -1.89. The molecule has 1 heterocycles. The van der Waals surface area contributed by atoms with E-state index in [-0.39, 0.29) is 0 Å². The third-order valence-corrected chi connectivity index (χ3v) is 2.89. The summed E-state index contributed by atoms with van der Waals surface area (Å²) >= 11 is 5.67. The summed E-state index contributed by atoms with van der Waals surface area (Å²) in [5, 5.41) is 0.310. The predicted octanol–water partition coefficient (Wildman–Crippen LogP) is 2.12. The SMILES string of the molecule is O=S(OI)c1ccnc(Cl)c1. The second-order valence-corrected chi connectivity index (χ2v) is 4.14. The van der Waals surface area contributed by atoms with Crippen molar-refractivity contribution in [1.82, 2.24) is 4.98 Å². The van der Waals surface area contributed by atoms with E-state index in [1.807, 2.05) is 0 Å². The minimum absolute atomic E-state index is 0.310. The smallest absolute Gasteiger partial charge is 0.199 e. The number of aromatic nitrogens is 1. The van der Waals surface area contributed by atoms with Crippen LogP contribution in [0, 0.1) is 0 Å². The van der Waals surface area contributed by atoms with Gasteiger partial charge in [0, 0.05) is 6.20 Å². The van der Waals surface area contributed by atoms with Gasteiger partial charge in [0.1, 0.15) is 28.2 Å². The average Bonchev–Trinajstić information content (AvgIpc) is 2.03. The van der Waals surface area contributed by atoms with E-state index in [0.29, 0.717) is 10.0 Å². The van der Waals surface area contributed by atoms with E-state index in [1.54, 1.807) is 29.1 Å². The zero-order valence-corrected chi connectivity index (χ0v) is 8.89. The van der Waals surface area contributed by atoms with Crippen LogP contribution in [0.15, 0.2) is 23.2 Å². The van der Waals surface area contributed by atoms with Crippen LogP contribution in [-0.4, -0.2) is 9.19 Å². The highest BCUT2D eigenvalue weighted by atomic mass is 127. The van der Waals surface area contributed by atoms with Crippen LogP contribution in [0.25, 0.3) is 0 Å². The van der Waals surface area contributed by atoms with Gasteiger partial charge in [0.15, 0.2) is 11.1 Å². The molecule has 1 rings (SSSR count). The number of rotatable bonds is 2. The Morgan fingerprint density at radius 1 is 1.73 bits per heavy atom. The lowest BCUT2D eigenvalue weighted by Gasteiger charge is -1.95. The molecule has 11 heavy (non-hydrogen) atoms. The molecule has 6 heteroatoms. The molecule has 0 bridgehead atoms. The van der Waals surface area contributed by atoms with E-state index in [4.69, 9.17) is 11.6 Å². The summed E-state index contributed by atoms with van der Waals surface area (Å²) in [6.07, 6.45) is 1.48. The van der Waals surface area contributed by atoms with Crippen molar-refractivity contribution in [3.05, 3.63) is 23.5 Å². The second-order valence-electron chi connectivity index (χ2n) is 1.61. The number of hydrogen-bond acceptors (Lipinski definition) is 3. The van der Waals surface area contributed by atoms with Crippen molar-refractivity contribution in [2.45, 2.75) is 4.90 Å². The van der Waals surface area contributed by atoms with Gasteiger partial charge in [-0.3, -0.25) is 0 Å². The Balaban J connectivity index is 2.96. The van der Waals surface area contributed by atoms with Crippen LogP contribution in [0.5, 0.6) is 0 Å². The number of hydrogen-bond donors (Lipinski definition) is 0. The fraction of sp³-hybridized carbons (Fsp3) is 0. The quantitative estimate of drug-likeness (QED) is 0.620. The van der Waals surface area contributed by atoms with Crippen LogP contribution < -0.4 is 0 Å². The van der Waals surface area contributed by atoms with Crippen molar-refractivity contribution in [2.75, 3.05) is 0 Å². The molecular weight excluding hydrogens is 300 g/mol. The fourth-order valence-corrected chi connectivity index (χ4v) is 1.84. The summed E-state index contributed by atoms with van der Waals surface area (Å²) in [7, 11) is 0. The summed E-state index contributed by atoms with van der Waals surface area (Å²) in [6, 6.07) is 3.08. The number of halogens is 2. The van der Waals surface area contributed by atoms with Gasteiger partial charge in [0.05, 0.1) is 4.90 Å². The Morgan fingerprint density at radius 2 is 2.45 bits per heavy atom. The maximum atomic E-state index is 11.0. The highest BCUT2D eigenvalue weighted by Crippen LogP contribution is 2.13. The molecule has 0 saturated carbocycles. The summed E-state index contributed by atoms with van der Waals surface area (Å²) < 4.78 is 15.5. The Morgan fingerprint density at radius 3 is 3.00 bits per heavy atom. The molecule has 0 aromatic carbocycles. The molecule has 1 atom stereocenters. The van der Waals surface area contributed by atoms with Crippen LogP contribution in [0.3, 0.4) is 0 Å². The molecule has 1 aromatic rings. The summed E-state index contributed by atoms with van der Waals surface area (Å²) in [4.78, 5) is 4.24. The second kappa shape index (κ2) is 4.34. The Bertz CT molecular complexity index is 283. The Labute approximate surface area is 85.5 Å². The van der Waals surface area contributed by atoms with Gasteiger partial charge in [-0.15, -0.1) is 0 Å². The largest absolute Gasteiger partial charge is 0.244 e. The molecule has 0 N–H and O–H groups in total. The first-order valence-electron chi connectivity index (χ1n) is 2.56. The molecule has 1 aromatic heterocycles. The van der Waals surface area contributed by atoms with Gasteiger partial charge in [-0.2, -0.15) is 0 Å². The van der Waals surface area contributed by atoms with Crippen molar-refractivity contribution >= 4 is 45.7 Å². The zero-order valence-electron chi connectivity index (χ0n) is 5.16.